The Morgan fingerprint density at radius 1 is 1.00 bits per heavy atom. The van der Waals surface area contributed by atoms with Crippen LogP contribution in [0.2, 0.25) is 0 Å². The van der Waals surface area contributed by atoms with Crippen molar-refractivity contribution in [2.45, 2.75) is 0 Å². The van der Waals surface area contributed by atoms with E-state index in [1.165, 1.54) is 11.3 Å². The fourth-order valence-corrected chi connectivity index (χ4v) is 3.16. The first-order chi connectivity index (χ1) is 8.81. The number of aromatic hydroxyl groups is 1. The summed E-state index contributed by atoms with van der Waals surface area (Å²) >= 11 is 1.50. The van der Waals surface area contributed by atoms with Gasteiger partial charge in [0, 0.05) is 21.2 Å². The zero-order chi connectivity index (χ0) is 12.5. The van der Waals surface area contributed by atoms with Gasteiger partial charge in [-0.25, -0.2) is 0 Å². The quantitative estimate of drug-likeness (QED) is 0.699. The first-order valence-corrected chi connectivity index (χ1v) is 6.38. The van der Waals surface area contributed by atoms with Crippen LogP contribution in [0.15, 0.2) is 48.5 Å². The van der Waals surface area contributed by atoms with Crippen LogP contribution < -0.4 is 0 Å². The Labute approximate surface area is 108 Å². The van der Waals surface area contributed by atoms with Crippen LogP contribution in [0.4, 0.5) is 0 Å². The zero-order valence-electron chi connectivity index (χ0n) is 9.46. The molecule has 0 unspecified atom stereocenters. The average molecular weight is 254 g/mol. The summed E-state index contributed by atoms with van der Waals surface area (Å²) < 4.78 is 1.02. The molecule has 1 aromatic heterocycles. The lowest BCUT2D eigenvalue weighted by Crippen LogP contribution is -1.84. The standard InChI is InChI=1S/C15H10O2S/c16-9-10-5-1-2-6-11(10)15-14(17)12-7-3-4-8-13(12)18-15/h1-9,17H. The number of aldehydes is 1. The van der Waals surface area contributed by atoms with Crippen molar-refractivity contribution < 1.29 is 9.90 Å². The van der Waals surface area contributed by atoms with Crippen LogP contribution >= 0.6 is 11.3 Å². The van der Waals surface area contributed by atoms with Crippen molar-refractivity contribution in [2.75, 3.05) is 0 Å². The fourth-order valence-electron chi connectivity index (χ4n) is 2.02. The van der Waals surface area contributed by atoms with Gasteiger partial charge in [-0.2, -0.15) is 0 Å². The molecule has 0 aliphatic rings. The van der Waals surface area contributed by atoms with Crippen LogP contribution in [0.3, 0.4) is 0 Å². The van der Waals surface area contributed by atoms with E-state index in [4.69, 9.17) is 0 Å². The summed E-state index contributed by atoms with van der Waals surface area (Å²) in [7, 11) is 0. The van der Waals surface area contributed by atoms with Crippen LogP contribution in [-0.2, 0) is 0 Å². The van der Waals surface area contributed by atoms with Gasteiger partial charge in [0.2, 0.25) is 0 Å². The van der Waals surface area contributed by atoms with Crippen molar-refractivity contribution in [1.82, 2.24) is 0 Å². The highest BCUT2D eigenvalue weighted by Crippen LogP contribution is 2.44. The average Bonchev–Trinajstić information content (AvgIpc) is 2.76. The van der Waals surface area contributed by atoms with E-state index >= 15 is 0 Å². The highest BCUT2D eigenvalue weighted by Gasteiger charge is 2.14. The molecular formula is C15H10O2S. The molecule has 3 aromatic rings. The Balaban J connectivity index is 2.32. The van der Waals surface area contributed by atoms with Gasteiger partial charge in [-0.05, 0) is 12.1 Å². The van der Waals surface area contributed by atoms with E-state index in [1.807, 2.05) is 42.5 Å². The van der Waals surface area contributed by atoms with Crippen molar-refractivity contribution in [3.8, 4) is 16.2 Å². The normalized spacial score (nSPS) is 10.7. The second-order valence-electron chi connectivity index (χ2n) is 3.98. The van der Waals surface area contributed by atoms with E-state index in [2.05, 4.69) is 0 Å². The molecule has 0 fully saturated rings. The molecule has 2 aromatic carbocycles. The molecule has 0 aliphatic carbocycles. The van der Waals surface area contributed by atoms with Crippen molar-refractivity contribution in [3.63, 3.8) is 0 Å². The van der Waals surface area contributed by atoms with Crippen LogP contribution in [-0.4, -0.2) is 11.4 Å². The van der Waals surface area contributed by atoms with Gasteiger partial charge in [0.15, 0.2) is 6.29 Å². The maximum atomic E-state index is 11.1. The summed E-state index contributed by atoms with van der Waals surface area (Å²) in [4.78, 5) is 11.8. The van der Waals surface area contributed by atoms with Gasteiger partial charge in [0.1, 0.15) is 5.75 Å². The number of carbonyl (C=O) groups excluding carboxylic acids is 1. The Hall–Kier alpha value is -2.13. The lowest BCUT2D eigenvalue weighted by molar-refractivity contribution is 0.112. The number of hydrogen-bond donors (Lipinski definition) is 1. The lowest BCUT2D eigenvalue weighted by Gasteiger charge is -2.02. The van der Waals surface area contributed by atoms with Crippen LogP contribution in [0.25, 0.3) is 20.5 Å². The molecule has 0 amide bonds. The monoisotopic (exact) mass is 254 g/mol. The molecular weight excluding hydrogens is 244 g/mol. The number of fused-ring (bicyclic) bond motifs is 1. The van der Waals surface area contributed by atoms with Crippen molar-refractivity contribution in [1.29, 1.82) is 0 Å². The minimum Gasteiger partial charge on any atom is -0.506 e. The first-order valence-electron chi connectivity index (χ1n) is 5.56. The Kier molecular flexibility index (Phi) is 2.61. The number of hydrogen-bond acceptors (Lipinski definition) is 3. The maximum absolute atomic E-state index is 11.1. The zero-order valence-corrected chi connectivity index (χ0v) is 10.3. The first kappa shape index (κ1) is 11.0. The van der Waals surface area contributed by atoms with E-state index < -0.39 is 0 Å². The Bertz CT molecular complexity index is 728. The molecule has 0 atom stereocenters. The minimum absolute atomic E-state index is 0.255. The van der Waals surface area contributed by atoms with Crippen molar-refractivity contribution in [2.24, 2.45) is 0 Å². The van der Waals surface area contributed by atoms with Gasteiger partial charge >= 0.3 is 0 Å². The van der Waals surface area contributed by atoms with Crippen LogP contribution in [0, 0.1) is 0 Å². The van der Waals surface area contributed by atoms with Gasteiger partial charge in [-0.15, -0.1) is 11.3 Å². The highest BCUT2D eigenvalue weighted by atomic mass is 32.1. The molecule has 18 heavy (non-hydrogen) atoms. The summed E-state index contributed by atoms with van der Waals surface area (Å²) in [6.07, 6.45) is 0.819. The van der Waals surface area contributed by atoms with Crippen LogP contribution in [0.5, 0.6) is 5.75 Å². The molecule has 0 spiro atoms. The second-order valence-corrected chi connectivity index (χ2v) is 5.03. The van der Waals surface area contributed by atoms with Gasteiger partial charge in [0.25, 0.3) is 0 Å². The minimum atomic E-state index is 0.255. The molecule has 0 bridgehead atoms. The summed E-state index contributed by atoms with van der Waals surface area (Å²) in [5, 5.41) is 11.1. The molecule has 1 heterocycles. The summed E-state index contributed by atoms with van der Waals surface area (Å²) in [6.45, 7) is 0. The number of thiophene rings is 1. The summed E-state index contributed by atoms with van der Waals surface area (Å²) in [6, 6.07) is 15.0. The predicted octanol–water partition coefficient (Wildman–Crippen LogP) is 4.09. The molecule has 3 heteroatoms. The number of rotatable bonds is 2. The highest BCUT2D eigenvalue weighted by molar-refractivity contribution is 7.22. The number of benzene rings is 2. The molecule has 3 rings (SSSR count). The predicted molar refractivity (Wildman–Crippen MR) is 74.3 cm³/mol. The fraction of sp³-hybridized carbons (Fsp3) is 0. The third-order valence-electron chi connectivity index (χ3n) is 2.90. The Morgan fingerprint density at radius 2 is 1.72 bits per heavy atom. The summed E-state index contributed by atoms with van der Waals surface area (Å²) in [5.74, 6) is 0.255. The molecule has 1 N–H and O–H groups in total. The smallest absolute Gasteiger partial charge is 0.150 e. The van der Waals surface area contributed by atoms with Gasteiger partial charge in [-0.3, -0.25) is 4.79 Å². The van der Waals surface area contributed by atoms with E-state index in [-0.39, 0.29) is 5.75 Å². The van der Waals surface area contributed by atoms with Gasteiger partial charge in [0.05, 0.1) is 4.88 Å². The molecule has 0 radical (unpaired) electrons. The molecule has 0 saturated carbocycles. The van der Waals surface area contributed by atoms with Crippen molar-refractivity contribution in [3.05, 3.63) is 54.1 Å². The Morgan fingerprint density at radius 3 is 2.50 bits per heavy atom. The molecule has 0 saturated heterocycles. The van der Waals surface area contributed by atoms with E-state index in [0.717, 1.165) is 26.8 Å². The largest absolute Gasteiger partial charge is 0.506 e. The maximum Gasteiger partial charge on any atom is 0.150 e. The second kappa shape index (κ2) is 4.27. The van der Waals surface area contributed by atoms with Crippen molar-refractivity contribution >= 4 is 27.7 Å². The molecule has 2 nitrogen and oxygen atoms in total. The lowest BCUT2D eigenvalue weighted by atomic mass is 10.1. The van der Waals surface area contributed by atoms with Crippen LogP contribution in [0.1, 0.15) is 10.4 Å². The third kappa shape index (κ3) is 1.60. The number of carbonyl (C=O) groups is 1. The van der Waals surface area contributed by atoms with Gasteiger partial charge in [-0.1, -0.05) is 36.4 Å². The molecule has 88 valence electrons. The molecule has 0 aliphatic heterocycles. The topological polar surface area (TPSA) is 37.3 Å². The van der Waals surface area contributed by atoms with E-state index in [1.54, 1.807) is 6.07 Å². The third-order valence-corrected chi connectivity index (χ3v) is 4.09. The SMILES string of the molecule is O=Cc1ccccc1-c1sc2ccccc2c1O. The summed E-state index contributed by atoms with van der Waals surface area (Å²) in [5.41, 5.74) is 1.38. The van der Waals surface area contributed by atoms with E-state index in [9.17, 15) is 9.90 Å². The van der Waals surface area contributed by atoms with E-state index in [0.29, 0.717) is 5.56 Å². The van der Waals surface area contributed by atoms with Gasteiger partial charge < -0.3 is 5.11 Å².